The zero-order valence-corrected chi connectivity index (χ0v) is 9.77. The predicted molar refractivity (Wildman–Crippen MR) is 60.4 cm³/mol. The van der Waals surface area contributed by atoms with Crippen LogP contribution in [0.25, 0.3) is 0 Å². The zero-order chi connectivity index (χ0) is 12.3. The molecule has 0 N–H and O–H groups in total. The van der Waals surface area contributed by atoms with Crippen LogP contribution in [0.3, 0.4) is 0 Å². The molecule has 1 aliphatic carbocycles. The third-order valence-electron chi connectivity index (χ3n) is 2.63. The molecule has 1 aromatic rings. The molecule has 1 saturated carbocycles. The molecular weight excluding hydrogens is 240 g/mol. The summed E-state index contributed by atoms with van der Waals surface area (Å²) in [5.41, 5.74) is 0.293. The molecule has 1 aromatic carbocycles. The monoisotopic (exact) mass is 250 g/mol. The van der Waals surface area contributed by atoms with E-state index in [1.165, 1.54) is 6.07 Å². The van der Waals surface area contributed by atoms with Crippen molar-refractivity contribution in [1.82, 2.24) is 0 Å². The van der Waals surface area contributed by atoms with Crippen molar-refractivity contribution < 1.29 is 13.2 Å². The third-order valence-corrected chi connectivity index (χ3v) is 2.98. The molecule has 0 aromatic heterocycles. The Morgan fingerprint density at radius 1 is 1.41 bits per heavy atom. The molecule has 88 valence electrons. The first kappa shape index (κ1) is 11.6. The Labute approximate surface area is 100 Å². The largest absolute Gasteiger partial charge is 0.489 e. The first-order valence-electron chi connectivity index (χ1n) is 5.21. The van der Waals surface area contributed by atoms with Gasteiger partial charge in [-0.1, -0.05) is 6.07 Å². The molecule has 0 atom stereocenters. The van der Waals surface area contributed by atoms with Crippen LogP contribution >= 0.6 is 0 Å². The number of hydrogen-bond acceptors (Lipinski definition) is 5. The van der Waals surface area contributed by atoms with Gasteiger partial charge in [-0.2, -0.15) is 13.7 Å². The Balaban J connectivity index is 2.38. The molecule has 0 unspecified atom stereocenters. The number of nitrogens with zero attached hydrogens (tertiary/aromatic N) is 2. The van der Waals surface area contributed by atoms with Gasteiger partial charge in [0.05, 0.1) is 6.10 Å². The normalized spacial score (nSPS) is 14.5. The number of nitriles is 1. The molecule has 0 radical (unpaired) electrons. The summed E-state index contributed by atoms with van der Waals surface area (Å²) >= 11 is 0. The lowest BCUT2D eigenvalue weighted by Crippen LogP contribution is -2.24. The van der Waals surface area contributed by atoms with Gasteiger partial charge in [-0.15, -0.1) is 4.36 Å². The van der Waals surface area contributed by atoms with Gasteiger partial charge in [0, 0.05) is 0 Å². The molecule has 0 spiro atoms. The van der Waals surface area contributed by atoms with E-state index in [0.717, 1.165) is 19.3 Å². The summed E-state index contributed by atoms with van der Waals surface area (Å²) < 4.78 is 30.0. The van der Waals surface area contributed by atoms with Crippen LogP contribution in [0.15, 0.2) is 22.6 Å². The van der Waals surface area contributed by atoms with E-state index >= 15 is 0 Å². The van der Waals surface area contributed by atoms with E-state index < -0.39 is 10.5 Å². The van der Waals surface area contributed by atoms with Crippen molar-refractivity contribution in [3.8, 4) is 11.8 Å². The highest BCUT2D eigenvalue weighted by Crippen LogP contribution is 2.32. The fourth-order valence-corrected chi connectivity index (χ4v) is 1.87. The maximum Gasteiger partial charge on any atom is 0.316 e. The van der Waals surface area contributed by atoms with Gasteiger partial charge >= 0.3 is 10.5 Å². The van der Waals surface area contributed by atoms with Crippen LogP contribution in [0.2, 0.25) is 0 Å². The highest BCUT2D eigenvalue weighted by Gasteiger charge is 2.21. The molecule has 5 nitrogen and oxygen atoms in total. The summed E-state index contributed by atoms with van der Waals surface area (Å²) in [6.45, 7) is 0. The van der Waals surface area contributed by atoms with Crippen LogP contribution in [-0.4, -0.2) is 14.5 Å². The molecule has 0 amide bonds. The predicted octanol–water partition coefficient (Wildman–Crippen LogP) is 2.18. The van der Waals surface area contributed by atoms with E-state index in [-0.39, 0.29) is 17.4 Å². The molecule has 0 aliphatic heterocycles. The Kier molecular flexibility index (Phi) is 3.40. The van der Waals surface area contributed by atoms with Gasteiger partial charge in [0.2, 0.25) is 0 Å². The smallest absolute Gasteiger partial charge is 0.316 e. The molecule has 1 fully saturated rings. The van der Waals surface area contributed by atoms with Crippen molar-refractivity contribution in [1.29, 1.82) is 5.26 Å². The van der Waals surface area contributed by atoms with Crippen LogP contribution < -0.4 is 4.74 Å². The standard InChI is InChI=1S/C11H10N2O3S/c12-7-9-10(13-17(14)15)5-2-6-11(9)16-8-3-1-4-8/h2,5-6,8H,1,3-4H2. The first-order valence-corrected chi connectivity index (χ1v) is 6.25. The lowest BCUT2D eigenvalue weighted by atomic mass is 9.96. The van der Waals surface area contributed by atoms with E-state index in [1.807, 2.05) is 6.07 Å². The van der Waals surface area contributed by atoms with Gasteiger partial charge in [0.1, 0.15) is 23.1 Å². The Hall–Kier alpha value is -1.87. The van der Waals surface area contributed by atoms with Crippen molar-refractivity contribution in [3.05, 3.63) is 23.8 Å². The quantitative estimate of drug-likeness (QED) is 0.823. The third kappa shape index (κ3) is 2.63. The van der Waals surface area contributed by atoms with Gasteiger partial charge in [-0.3, -0.25) is 0 Å². The number of ether oxygens (including phenoxy) is 1. The lowest BCUT2D eigenvalue weighted by molar-refractivity contribution is 0.120. The van der Waals surface area contributed by atoms with E-state index in [1.54, 1.807) is 12.1 Å². The van der Waals surface area contributed by atoms with Gasteiger partial charge < -0.3 is 4.74 Å². The molecule has 0 heterocycles. The Morgan fingerprint density at radius 3 is 2.71 bits per heavy atom. The van der Waals surface area contributed by atoms with Gasteiger partial charge in [-0.25, -0.2) is 0 Å². The second-order valence-electron chi connectivity index (χ2n) is 3.74. The molecule has 17 heavy (non-hydrogen) atoms. The average Bonchev–Trinajstić information content (AvgIpc) is 2.23. The first-order chi connectivity index (χ1) is 8.20. The number of hydrogen-bond donors (Lipinski definition) is 0. The molecule has 6 heteroatoms. The Bertz CT molecular complexity index is 590. The Morgan fingerprint density at radius 2 is 2.18 bits per heavy atom. The fraction of sp³-hybridized carbons (Fsp3) is 0.364. The minimum absolute atomic E-state index is 0.123. The second kappa shape index (κ2) is 4.97. The highest BCUT2D eigenvalue weighted by atomic mass is 32.2. The van der Waals surface area contributed by atoms with Crippen LogP contribution in [0.4, 0.5) is 5.69 Å². The SMILES string of the molecule is N#Cc1c(N=S(=O)=O)cccc1OC1CCC1. The van der Waals surface area contributed by atoms with Crippen molar-refractivity contribution >= 4 is 16.2 Å². The van der Waals surface area contributed by atoms with Crippen LogP contribution in [-0.2, 0) is 10.5 Å². The molecule has 0 bridgehead atoms. The van der Waals surface area contributed by atoms with Gasteiger partial charge in [-0.05, 0) is 31.4 Å². The van der Waals surface area contributed by atoms with Crippen molar-refractivity contribution in [2.75, 3.05) is 0 Å². The minimum atomic E-state index is -2.57. The van der Waals surface area contributed by atoms with Crippen LogP contribution in [0.1, 0.15) is 24.8 Å². The summed E-state index contributed by atoms with van der Waals surface area (Å²) in [5, 5.41) is 9.02. The van der Waals surface area contributed by atoms with Gasteiger partial charge in [0.15, 0.2) is 0 Å². The van der Waals surface area contributed by atoms with Crippen molar-refractivity contribution in [2.45, 2.75) is 25.4 Å². The molecule has 1 aliphatic rings. The van der Waals surface area contributed by atoms with E-state index in [4.69, 9.17) is 10.00 Å². The fourth-order valence-electron chi connectivity index (χ4n) is 1.55. The van der Waals surface area contributed by atoms with Crippen LogP contribution in [0.5, 0.6) is 5.75 Å². The van der Waals surface area contributed by atoms with E-state index in [2.05, 4.69) is 4.36 Å². The molecule has 2 rings (SSSR count). The van der Waals surface area contributed by atoms with E-state index in [0.29, 0.717) is 5.75 Å². The van der Waals surface area contributed by atoms with Crippen molar-refractivity contribution in [2.24, 2.45) is 4.36 Å². The highest BCUT2D eigenvalue weighted by molar-refractivity contribution is 7.61. The maximum atomic E-state index is 10.5. The zero-order valence-electron chi connectivity index (χ0n) is 8.96. The summed E-state index contributed by atoms with van der Waals surface area (Å²) in [4.78, 5) is 0. The maximum absolute atomic E-state index is 10.5. The summed E-state index contributed by atoms with van der Waals surface area (Å²) in [7, 11) is -2.57. The summed E-state index contributed by atoms with van der Waals surface area (Å²) in [5.74, 6) is 0.406. The molecular formula is C11H10N2O3S. The molecule has 0 saturated heterocycles. The number of benzene rings is 1. The topological polar surface area (TPSA) is 79.5 Å². The summed E-state index contributed by atoms with van der Waals surface area (Å²) in [6, 6.07) is 6.69. The van der Waals surface area contributed by atoms with Crippen LogP contribution in [0, 0.1) is 11.3 Å². The minimum Gasteiger partial charge on any atom is -0.489 e. The number of rotatable bonds is 3. The summed E-state index contributed by atoms with van der Waals surface area (Å²) in [6.07, 6.45) is 3.20. The van der Waals surface area contributed by atoms with Gasteiger partial charge in [0.25, 0.3) is 0 Å². The second-order valence-corrected chi connectivity index (χ2v) is 4.36. The lowest BCUT2D eigenvalue weighted by Gasteiger charge is -2.26. The van der Waals surface area contributed by atoms with E-state index in [9.17, 15) is 8.42 Å². The van der Waals surface area contributed by atoms with Crippen molar-refractivity contribution in [3.63, 3.8) is 0 Å². The average molecular weight is 250 g/mol.